The van der Waals surface area contributed by atoms with Gasteiger partial charge in [0.25, 0.3) is 0 Å². The molecule has 0 bridgehead atoms. The Kier molecular flexibility index (Phi) is 4.84. The van der Waals surface area contributed by atoms with E-state index in [1.165, 1.54) is 6.33 Å². The van der Waals surface area contributed by atoms with Gasteiger partial charge < -0.3 is 5.32 Å². The molecule has 2 aromatic rings. The molecule has 0 fully saturated rings. The molecule has 5 heteroatoms. The van der Waals surface area contributed by atoms with Crippen molar-refractivity contribution >= 4 is 0 Å². The molecule has 0 aliphatic heterocycles. The van der Waals surface area contributed by atoms with Gasteiger partial charge in [-0.15, -0.1) is 0 Å². The molecular formula is C15H21FN4. The average molecular weight is 276 g/mol. The van der Waals surface area contributed by atoms with Crippen molar-refractivity contribution in [2.24, 2.45) is 7.05 Å². The largest absolute Gasteiger partial charge is 0.309 e. The lowest BCUT2D eigenvalue weighted by Crippen LogP contribution is -2.26. The molecule has 1 aromatic heterocycles. The van der Waals surface area contributed by atoms with Crippen molar-refractivity contribution in [3.8, 4) is 0 Å². The van der Waals surface area contributed by atoms with E-state index in [9.17, 15) is 4.39 Å². The van der Waals surface area contributed by atoms with Gasteiger partial charge in [0.2, 0.25) is 0 Å². The van der Waals surface area contributed by atoms with Crippen LogP contribution in [0.25, 0.3) is 0 Å². The summed E-state index contributed by atoms with van der Waals surface area (Å²) in [5, 5.41) is 7.47. The van der Waals surface area contributed by atoms with Gasteiger partial charge in [0, 0.05) is 25.1 Å². The second-order valence-electron chi connectivity index (χ2n) is 4.99. The average Bonchev–Trinajstić information content (AvgIpc) is 2.83. The first-order valence-electron chi connectivity index (χ1n) is 6.94. The highest BCUT2D eigenvalue weighted by molar-refractivity contribution is 5.28. The summed E-state index contributed by atoms with van der Waals surface area (Å²) in [4.78, 5) is 4.23. The van der Waals surface area contributed by atoms with Gasteiger partial charge in [0.05, 0.1) is 0 Å². The Balaban J connectivity index is 2.27. The Morgan fingerprint density at radius 3 is 2.85 bits per heavy atom. The zero-order chi connectivity index (χ0) is 14.5. The van der Waals surface area contributed by atoms with E-state index in [0.717, 1.165) is 18.8 Å². The van der Waals surface area contributed by atoms with Crippen LogP contribution in [0.1, 0.15) is 36.3 Å². The SMILES string of the molecule is CCCNC(Cc1ncnn1C)c1cccc(C)c1F. The van der Waals surface area contributed by atoms with Crippen LogP contribution in [0.15, 0.2) is 24.5 Å². The van der Waals surface area contributed by atoms with Gasteiger partial charge in [-0.25, -0.2) is 9.37 Å². The van der Waals surface area contributed by atoms with Crippen LogP contribution in [0.5, 0.6) is 0 Å². The zero-order valence-corrected chi connectivity index (χ0v) is 12.2. The lowest BCUT2D eigenvalue weighted by atomic mass is 10.00. The van der Waals surface area contributed by atoms with Gasteiger partial charge in [0.1, 0.15) is 18.0 Å². The van der Waals surface area contributed by atoms with E-state index in [2.05, 4.69) is 22.3 Å². The first-order valence-corrected chi connectivity index (χ1v) is 6.94. The van der Waals surface area contributed by atoms with Crippen LogP contribution >= 0.6 is 0 Å². The van der Waals surface area contributed by atoms with Gasteiger partial charge in [0.15, 0.2) is 0 Å². The van der Waals surface area contributed by atoms with E-state index < -0.39 is 0 Å². The zero-order valence-electron chi connectivity index (χ0n) is 12.2. The predicted octanol–water partition coefficient (Wildman–Crippen LogP) is 2.55. The minimum atomic E-state index is -0.136. The number of aryl methyl sites for hydroxylation is 2. The molecule has 0 saturated heterocycles. The molecule has 108 valence electrons. The van der Waals surface area contributed by atoms with Crippen LogP contribution in [0, 0.1) is 12.7 Å². The fourth-order valence-corrected chi connectivity index (χ4v) is 2.24. The highest BCUT2D eigenvalue weighted by Crippen LogP contribution is 2.22. The fraction of sp³-hybridized carbons (Fsp3) is 0.467. The molecule has 0 spiro atoms. The standard InChI is InChI=1S/C15H21FN4/c1-4-8-17-13(9-14-18-10-19-20(14)3)12-7-5-6-11(2)15(12)16/h5-7,10,13,17H,4,8-9H2,1-3H3. The molecule has 0 saturated carbocycles. The number of benzene rings is 1. The monoisotopic (exact) mass is 276 g/mol. The summed E-state index contributed by atoms with van der Waals surface area (Å²) in [5.74, 6) is 0.711. The van der Waals surface area contributed by atoms with Gasteiger partial charge in [-0.2, -0.15) is 5.10 Å². The Labute approximate surface area is 119 Å². The van der Waals surface area contributed by atoms with E-state index in [0.29, 0.717) is 17.5 Å². The fourth-order valence-electron chi connectivity index (χ4n) is 2.24. The van der Waals surface area contributed by atoms with Crippen LogP contribution in [0.2, 0.25) is 0 Å². The number of hydrogen-bond acceptors (Lipinski definition) is 3. The second-order valence-corrected chi connectivity index (χ2v) is 4.99. The third-order valence-electron chi connectivity index (χ3n) is 3.43. The Morgan fingerprint density at radius 1 is 1.40 bits per heavy atom. The number of rotatable bonds is 6. The maximum absolute atomic E-state index is 14.3. The number of nitrogens with zero attached hydrogens (tertiary/aromatic N) is 3. The summed E-state index contributed by atoms with van der Waals surface area (Å²) in [6.45, 7) is 4.73. The molecule has 20 heavy (non-hydrogen) atoms. The van der Waals surface area contributed by atoms with Crippen molar-refractivity contribution in [1.82, 2.24) is 20.1 Å². The maximum Gasteiger partial charge on any atom is 0.138 e. The quantitative estimate of drug-likeness (QED) is 0.881. The predicted molar refractivity (Wildman–Crippen MR) is 76.9 cm³/mol. The Hall–Kier alpha value is -1.75. The van der Waals surface area contributed by atoms with Crippen LogP contribution in [0.3, 0.4) is 0 Å². The minimum Gasteiger partial charge on any atom is -0.309 e. The molecule has 2 rings (SSSR count). The minimum absolute atomic E-state index is 0.0854. The third kappa shape index (κ3) is 3.22. The molecule has 0 aliphatic rings. The third-order valence-corrected chi connectivity index (χ3v) is 3.43. The number of aromatic nitrogens is 3. The first-order chi connectivity index (χ1) is 9.63. The molecule has 0 amide bonds. The van der Waals surface area contributed by atoms with Crippen molar-refractivity contribution in [2.75, 3.05) is 6.54 Å². The van der Waals surface area contributed by atoms with E-state index >= 15 is 0 Å². The lowest BCUT2D eigenvalue weighted by Gasteiger charge is -2.20. The van der Waals surface area contributed by atoms with Crippen molar-refractivity contribution in [3.63, 3.8) is 0 Å². The van der Waals surface area contributed by atoms with Crippen molar-refractivity contribution in [1.29, 1.82) is 0 Å². The molecule has 1 aromatic carbocycles. The summed E-state index contributed by atoms with van der Waals surface area (Å²) in [6, 6.07) is 5.44. The normalized spacial score (nSPS) is 12.6. The topological polar surface area (TPSA) is 42.7 Å². The number of nitrogens with one attached hydrogen (secondary N) is 1. The van der Waals surface area contributed by atoms with E-state index in [1.807, 2.05) is 19.2 Å². The van der Waals surface area contributed by atoms with Crippen LogP contribution in [0.4, 0.5) is 4.39 Å². The van der Waals surface area contributed by atoms with Crippen LogP contribution in [-0.4, -0.2) is 21.3 Å². The molecule has 0 radical (unpaired) electrons. The van der Waals surface area contributed by atoms with Crippen molar-refractivity contribution < 1.29 is 4.39 Å². The number of hydrogen-bond donors (Lipinski definition) is 1. The molecule has 4 nitrogen and oxygen atoms in total. The van der Waals surface area contributed by atoms with Gasteiger partial charge >= 0.3 is 0 Å². The second kappa shape index (κ2) is 6.61. The Morgan fingerprint density at radius 2 is 2.20 bits per heavy atom. The maximum atomic E-state index is 14.3. The van der Waals surface area contributed by atoms with Gasteiger partial charge in [-0.05, 0) is 25.5 Å². The first kappa shape index (κ1) is 14.7. The van der Waals surface area contributed by atoms with Gasteiger partial charge in [-0.3, -0.25) is 4.68 Å². The molecule has 0 aliphatic carbocycles. The molecule has 1 heterocycles. The summed E-state index contributed by atoms with van der Waals surface area (Å²) in [7, 11) is 1.85. The molecule has 1 unspecified atom stereocenters. The summed E-state index contributed by atoms with van der Waals surface area (Å²) < 4.78 is 16.1. The van der Waals surface area contributed by atoms with E-state index in [-0.39, 0.29) is 11.9 Å². The Bertz CT molecular complexity index is 565. The summed E-state index contributed by atoms with van der Waals surface area (Å²) in [5.41, 5.74) is 1.37. The molecule has 1 atom stereocenters. The smallest absolute Gasteiger partial charge is 0.138 e. The summed E-state index contributed by atoms with van der Waals surface area (Å²) >= 11 is 0. The van der Waals surface area contributed by atoms with Crippen LogP contribution < -0.4 is 5.32 Å². The van der Waals surface area contributed by atoms with Crippen molar-refractivity contribution in [3.05, 3.63) is 47.3 Å². The van der Waals surface area contributed by atoms with Crippen molar-refractivity contribution in [2.45, 2.75) is 32.7 Å². The highest BCUT2D eigenvalue weighted by atomic mass is 19.1. The summed E-state index contributed by atoms with van der Waals surface area (Å²) in [6.07, 6.45) is 3.15. The molecular weight excluding hydrogens is 255 g/mol. The highest BCUT2D eigenvalue weighted by Gasteiger charge is 2.18. The lowest BCUT2D eigenvalue weighted by molar-refractivity contribution is 0.479. The molecule has 1 N–H and O–H groups in total. The van der Waals surface area contributed by atoms with E-state index in [1.54, 1.807) is 17.7 Å². The van der Waals surface area contributed by atoms with E-state index in [4.69, 9.17) is 0 Å². The number of halogens is 1. The van der Waals surface area contributed by atoms with Crippen LogP contribution in [-0.2, 0) is 13.5 Å². The van der Waals surface area contributed by atoms with Gasteiger partial charge in [-0.1, -0.05) is 25.1 Å².